The van der Waals surface area contributed by atoms with Crippen molar-refractivity contribution in [3.8, 4) is 11.5 Å². The van der Waals surface area contributed by atoms with Crippen LogP contribution in [0.3, 0.4) is 0 Å². The number of halogens is 2. The van der Waals surface area contributed by atoms with Gasteiger partial charge in [0.05, 0.1) is 18.1 Å². The smallest absolute Gasteiger partial charge is 0.162 e. The highest BCUT2D eigenvalue weighted by molar-refractivity contribution is 9.10. The molecule has 0 bridgehead atoms. The molecule has 166 valence electrons. The van der Waals surface area contributed by atoms with E-state index in [1.165, 1.54) is 0 Å². The van der Waals surface area contributed by atoms with E-state index in [0.717, 1.165) is 58.4 Å². The van der Waals surface area contributed by atoms with Crippen molar-refractivity contribution in [2.45, 2.75) is 26.0 Å². The zero-order chi connectivity index (χ0) is 22.3. The molecular formula is C25H25BrClN3O2. The van der Waals surface area contributed by atoms with Crippen molar-refractivity contribution in [2.24, 2.45) is 0 Å². The molecule has 0 aliphatic rings. The molecule has 1 aromatic heterocycles. The topological polar surface area (TPSA) is 59.2 Å². The molecular weight excluding hydrogens is 490 g/mol. The molecule has 3 aromatic carbocycles. The predicted molar refractivity (Wildman–Crippen MR) is 133 cm³/mol. The number of nitrogens with one attached hydrogen (secondary N) is 2. The Morgan fingerprint density at radius 1 is 1.06 bits per heavy atom. The van der Waals surface area contributed by atoms with E-state index >= 15 is 0 Å². The zero-order valence-electron chi connectivity index (χ0n) is 17.8. The van der Waals surface area contributed by atoms with Gasteiger partial charge in [0.25, 0.3) is 0 Å². The Morgan fingerprint density at radius 3 is 2.75 bits per heavy atom. The van der Waals surface area contributed by atoms with Gasteiger partial charge in [0.2, 0.25) is 0 Å². The van der Waals surface area contributed by atoms with Gasteiger partial charge in [-0.15, -0.1) is 0 Å². The SMILES string of the molecule is COc1cc(CNCCCc2nc3ccccc3[nH]2)c(Br)cc1OCc1cccc(Cl)c1. The molecule has 0 saturated carbocycles. The van der Waals surface area contributed by atoms with Crippen LogP contribution in [-0.4, -0.2) is 23.6 Å². The summed E-state index contributed by atoms with van der Waals surface area (Å²) in [5.74, 6) is 2.42. The van der Waals surface area contributed by atoms with E-state index in [1.807, 2.05) is 54.6 Å². The minimum absolute atomic E-state index is 0.419. The first-order valence-electron chi connectivity index (χ1n) is 10.5. The zero-order valence-corrected chi connectivity index (χ0v) is 20.2. The summed E-state index contributed by atoms with van der Waals surface area (Å²) < 4.78 is 12.5. The normalized spacial score (nSPS) is 11.1. The number of imidazole rings is 1. The fourth-order valence-corrected chi connectivity index (χ4v) is 4.18. The quantitative estimate of drug-likeness (QED) is 0.244. The van der Waals surface area contributed by atoms with Crippen molar-refractivity contribution in [3.05, 3.63) is 87.1 Å². The third kappa shape index (κ3) is 5.82. The first-order chi connectivity index (χ1) is 15.6. The molecule has 1 heterocycles. The highest BCUT2D eigenvalue weighted by Gasteiger charge is 2.11. The summed E-state index contributed by atoms with van der Waals surface area (Å²) in [6.45, 7) is 2.03. The highest BCUT2D eigenvalue weighted by atomic mass is 79.9. The second-order valence-electron chi connectivity index (χ2n) is 7.49. The Hall–Kier alpha value is -2.54. The standard InChI is InChI=1S/C25H25BrClN3O2/c1-31-23-13-18(20(26)14-24(23)32-16-17-6-4-7-19(27)12-17)15-28-11-5-10-25-29-21-8-2-3-9-22(21)30-25/h2-4,6-9,12-14,28H,5,10-11,15-16H2,1H3,(H,29,30). The van der Waals surface area contributed by atoms with E-state index in [-0.39, 0.29) is 0 Å². The summed E-state index contributed by atoms with van der Waals surface area (Å²) in [5, 5.41) is 4.19. The van der Waals surface area contributed by atoms with Crippen LogP contribution in [0.4, 0.5) is 0 Å². The van der Waals surface area contributed by atoms with Crippen LogP contribution in [0.25, 0.3) is 11.0 Å². The summed E-state index contributed by atoms with van der Waals surface area (Å²) >= 11 is 9.72. The van der Waals surface area contributed by atoms with Crippen LogP contribution in [0, 0.1) is 0 Å². The fraction of sp³-hybridized carbons (Fsp3) is 0.240. The number of aromatic nitrogens is 2. The van der Waals surface area contributed by atoms with Crippen LogP contribution in [-0.2, 0) is 19.6 Å². The number of para-hydroxylation sites is 2. The van der Waals surface area contributed by atoms with Crippen molar-refractivity contribution >= 4 is 38.6 Å². The third-order valence-electron chi connectivity index (χ3n) is 5.14. The maximum absolute atomic E-state index is 6.06. The third-order valence-corrected chi connectivity index (χ3v) is 6.11. The van der Waals surface area contributed by atoms with Crippen LogP contribution in [0.1, 0.15) is 23.4 Å². The van der Waals surface area contributed by atoms with Gasteiger partial charge in [0.1, 0.15) is 12.4 Å². The van der Waals surface area contributed by atoms with Gasteiger partial charge in [-0.2, -0.15) is 0 Å². The summed E-state index contributed by atoms with van der Waals surface area (Å²) in [5.41, 5.74) is 4.22. The maximum Gasteiger partial charge on any atom is 0.162 e. The van der Waals surface area contributed by atoms with Gasteiger partial charge in [0.15, 0.2) is 11.5 Å². The Morgan fingerprint density at radius 2 is 1.94 bits per heavy atom. The number of aromatic amines is 1. The number of nitrogens with zero attached hydrogens (tertiary/aromatic N) is 1. The van der Waals surface area contributed by atoms with E-state index in [1.54, 1.807) is 7.11 Å². The number of rotatable bonds is 10. The van der Waals surface area contributed by atoms with Gasteiger partial charge in [-0.3, -0.25) is 0 Å². The summed E-state index contributed by atoms with van der Waals surface area (Å²) in [6.07, 6.45) is 1.90. The van der Waals surface area contributed by atoms with Crippen molar-refractivity contribution in [3.63, 3.8) is 0 Å². The lowest BCUT2D eigenvalue weighted by Gasteiger charge is -2.14. The van der Waals surface area contributed by atoms with Gasteiger partial charge >= 0.3 is 0 Å². The van der Waals surface area contributed by atoms with Gasteiger partial charge in [-0.25, -0.2) is 4.98 Å². The number of hydrogen-bond donors (Lipinski definition) is 2. The number of benzene rings is 3. The first-order valence-corrected chi connectivity index (χ1v) is 11.7. The van der Waals surface area contributed by atoms with Crippen LogP contribution < -0.4 is 14.8 Å². The monoisotopic (exact) mass is 513 g/mol. The number of ether oxygens (including phenoxy) is 2. The molecule has 4 rings (SSSR count). The molecule has 0 amide bonds. The van der Waals surface area contributed by atoms with Gasteiger partial charge in [-0.05, 0) is 60.5 Å². The Labute approximate surface area is 201 Å². The van der Waals surface area contributed by atoms with Gasteiger partial charge < -0.3 is 19.8 Å². The average Bonchev–Trinajstić information content (AvgIpc) is 3.21. The second-order valence-corrected chi connectivity index (χ2v) is 8.78. The number of H-pyrrole nitrogens is 1. The second kappa shape index (κ2) is 10.9. The summed E-state index contributed by atoms with van der Waals surface area (Å²) in [6, 6.07) is 19.7. The number of fused-ring (bicyclic) bond motifs is 1. The first kappa shape index (κ1) is 22.6. The molecule has 0 spiro atoms. The molecule has 0 fully saturated rings. The predicted octanol–water partition coefficient (Wildman–Crippen LogP) is 6.29. The van der Waals surface area contributed by atoms with E-state index < -0.39 is 0 Å². The largest absolute Gasteiger partial charge is 0.493 e. The lowest BCUT2D eigenvalue weighted by atomic mass is 10.2. The highest BCUT2D eigenvalue weighted by Crippen LogP contribution is 2.34. The molecule has 7 heteroatoms. The Balaban J connectivity index is 1.29. The Kier molecular flexibility index (Phi) is 7.68. The molecule has 0 aliphatic heterocycles. The molecule has 32 heavy (non-hydrogen) atoms. The van der Waals surface area contributed by atoms with Crippen LogP contribution in [0.5, 0.6) is 11.5 Å². The summed E-state index contributed by atoms with van der Waals surface area (Å²) in [7, 11) is 1.65. The van der Waals surface area contributed by atoms with Crippen molar-refractivity contribution in [1.29, 1.82) is 0 Å². The molecule has 4 aromatic rings. The van der Waals surface area contributed by atoms with Crippen LogP contribution >= 0.6 is 27.5 Å². The van der Waals surface area contributed by atoms with E-state index in [2.05, 4.69) is 37.3 Å². The van der Waals surface area contributed by atoms with Crippen molar-refractivity contribution < 1.29 is 9.47 Å². The summed E-state index contributed by atoms with van der Waals surface area (Å²) in [4.78, 5) is 8.01. The molecule has 0 saturated heterocycles. The molecule has 5 nitrogen and oxygen atoms in total. The minimum Gasteiger partial charge on any atom is -0.493 e. The van der Waals surface area contributed by atoms with E-state index in [9.17, 15) is 0 Å². The molecule has 2 N–H and O–H groups in total. The fourth-order valence-electron chi connectivity index (χ4n) is 3.50. The average molecular weight is 515 g/mol. The Bertz CT molecular complexity index is 1160. The number of aryl methyl sites for hydroxylation is 1. The van der Waals surface area contributed by atoms with Crippen LogP contribution in [0.2, 0.25) is 5.02 Å². The molecule has 0 atom stereocenters. The van der Waals surface area contributed by atoms with Gasteiger partial charge in [-0.1, -0.05) is 51.8 Å². The lowest BCUT2D eigenvalue weighted by molar-refractivity contribution is 0.284. The molecule has 0 aliphatic carbocycles. The number of methoxy groups -OCH3 is 1. The van der Waals surface area contributed by atoms with Crippen LogP contribution in [0.15, 0.2) is 65.1 Å². The maximum atomic E-state index is 6.06. The number of hydrogen-bond acceptors (Lipinski definition) is 4. The van der Waals surface area contributed by atoms with E-state index in [4.69, 9.17) is 21.1 Å². The van der Waals surface area contributed by atoms with Gasteiger partial charge in [0, 0.05) is 22.5 Å². The minimum atomic E-state index is 0.419. The van der Waals surface area contributed by atoms with E-state index in [0.29, 0.717) is 23.1 Å². The molecule has 0 unspecified atom stereocenters. The van der Waals surface area contributed by atoms with Crippen molar-refractivity contribution in [1.82, 2.24) is 15.3 Å². The molecule has 0 radical (unpaired) electrons. The lowest BCUT2D eigenvalue weighted by Crippen LogP contribution is -2.16. The van der Waals surface area contributed by atoms with Crippen molar-refractivity contribution in [2.75, 3.05) is 13.7 Å².